The highest BCUT2D eigenvalue weighted by Crippen LogP contribution is 2.44. The molecule has 1 unspecified atom stereocenters. The maximum Gasteiger partial charge on any atom is 0.303 e. The number of para-hydroxylation sites is 1. The first-order valence-electron chi connectivity index (χ1n) is 9.99. The maximum atomic E-state index is 10.7. The van der Waals surface area contributed by atoms with Gasteiger partial charge in [-0.3, -0.25) is 9.79 Å². The molecule has 1 atom stereocenters. The van der Waals surface area contributed by atoms with E-state index in [1.807, 2.05) is 48.6 Å². The summed E-state index contributed by atoms with van der Waals surface area (Å²) in [5.41, 5.74) is 2.49. The van der Waals surface area contributed by atoms with Crippen LogP contribution in [0.2, 0.25) is 0 Å². The predicted molar refractivity (Wildman–Crippen MR) is 117 cm³/mol. The topological polar surface area (TPSA) is 101 Å². The Balaban J connectivity index is 1.86. The second-order valence-corrected chi connectivity index (χ2v) is 6.92. The number of carboxylic acids is 1. The smallest absolute Gasteiger partial charge is 0.303 e. The summed E-state index contributed by atoms with van der Waals surface area (Å²) in [6.07, 6.45) is 6.30. The van der Waals surface area contributed by atoms with Gasteiger partial charge in [-0.2, -0.15) is 5.26 Å². The number of rotatable bonds is 10. The summed E-state index contributed by atoms with van der Waals surface area (Å²) in [5, 5.41) is 18.5. The molecule has 0 amide bonds. The Morgan fingerprint density at radius 2 is 2.19 bits per heavy atom. The van der Waals surface area contributed by atoms with Crippen LogP contribution in [0.1, 0.15) is 24.0 Å². The van der Waals surface area contributed by atoms with Crippen LogP contribution >= 0.6 is 0 Å². The number of methoxy groups -OCH3 is 1. The number of nitrogens with zero attached hydrogens (tertiary/aromatic N) is 2. The van der Waals surface area contributed by atoms with Crippen molar-refractivity contribution in [2.45, 2.75) is 19.3 Å². The highest BCUT2D eigenvalue weighted by atomic mass is 16.5. The second-order valence-electron chi connectivity index (χ2n) is 6.92. The van der Waals surface area contributed by atoms with Crippen LogP contribution in [-0.4, -0.2) is 37.6 Å². The average Bonchev–Trinajstić information content (AvgIpc) is 2.80. The van der Waals surface area contributed by atoms with Gasteiger partial charge in [0, 0.05) is 18.2 Å². The van der Waals surface area contributed by atoms with E-state index in [1.54, 1.807) is 6.21 Å². The molecule has 0 aliphatic carbocycles. The third kappa shape index (κ3) is 5.86. The molecule has 0 radical (unpaired) electrons. The Morgan fingerprint density at radius 3 is 2.90 bits per heavy atom. The van der Waals surface area contributed by atoms with E-state index in [4.69, 9.17) is 19.3 Å². The van der Waals surface area contributed by atoms with Gasteiger partial charge in [-0.1, -0.05) is 24.3 Å². The minimum absolute atomic E-state index is 0.0197. The van der Waals surface area contributed by atoms with Crippen LogP contribution in [0.4, 0.5) is 5.69 Å². The fourth-order valence-corrected chi connectivity index (χ4v) is 3.24. The quantitative estimate of drug-likeness (QED) is 0.451. The zero-order chi connectivity index (χ0) is 22.1. The van der Waals surface area contributed by atoms with Crippen LogP contribution in [0, 0.1) is 17.2 Å². The summed E-state index contributed by atoms with van der Waals surface area (Å²) in [6.45, 7) is 0.635. The second kappa shape index (κ2) is 10.8. The van der Waals surface area contributed by atoms with Crippen LogP contribution in [0.3, 0.4) is 0 Å². The number of nitriles is 1. The molecule has 2 aromatic rings. The average molecular weight is 420 g/mol. The molecule has 0 spiro atoms. The van der Waals surface area contributed by atoms with E-state index in [-0.39, 0.29) is 13.0 Å². The molecule has 160 valence electrons. The largest absolute Gasteiger partial charge is 0.490 e. The Bertz CT molecular complexity index is 1010. The van der Waals surface area contributed by atoms with Crippen LogP contribution < -0.4 is 14.2 Å². The highest BCUT2D eigenvalue weighted by Gasteiger charge is 2.23. The van der Waals surface area contributed by atoms with Crippen molar-refractivity contribution in [1.82, 2.24) is 0 Å². The number of hydrogen-bond donors (Lipinski definition) is 1. The van der Waals surface area contributed by atoms with E-state index < -0.39 is 11.9 Å². The molecular formula is C24H24N2O5. The van der Waals surface area contributed by atoms with Gasteiger partial charge in [0.05, 0.1) is 31.4 Å². The zero-order valence-electron chi connectivity index (χ0n) is 17.3. The maximum absolute atomic E-state index is 10.7. The van der Waals surface area contributed by atoms with E-state index in [0.717, 1.165) is 16.8 Å². The Labute approximate surface area is 181 Å². The molecule has 2 aromatic carbocycles. The fourth-order valence-electron chi connectivity index (χ4n) is 3.24. The summed E-state index contributed by atoms with van der Waals surface area (Å²) >= 11 is 0. The first-order valence-corrected chi connectivity index (χ1v) is 9.99. The zero-order valence-corrected chi connectivity index (χ0v) is 17.3. The van der Waals surface area contributed by atoms with Crippen molar-refractivity contribution in [3.05, 3.63) is 53.6 Å². The molecule has 0 fully saturated rings. The molecule has 31 heavy (non-hydrogen) atoms. The molecule has 0 aromatic heterocycles. The number of carbonyl (C=O) groups is 1. The molecule has 3 rings (SSSR count). The summed E-state index contributed by atoms with van der Waals surface area (Å²) in [5.74, 6) is 0.170. The molecule has 0 bridgehead atoms. The lowest BCUT2D eigenvalue weighted by Gasteiger charge is -2.22. The monoisotopic (exact) mass is 420 g/mol. The van der Waals surface area contributed by atoms with Gasteiger partial charge in [-0.25, -0.2) is 0 Å². The van der Waals surface area contributed by atoms with Crippen LogP contribution in [0.25, 0.3) is 6.08 Å². The Hall–Kier alpha value is -3.79. The number of hydrogen-bond acceptors (Lipinski definition) is 6. The number of ether oxygens (including phenoxy) is 3. The standard InChI is InChI=1S/C24H24N2O5/c1-29-24-21(30-11-6-10-22(27)28)14-18(20-9-5-12-31-23(20)24)13-17(15-25)16-26-19-7-3-2-4-8-19/h2-5,7-9,14,16-17H,6,10-13H2,1H3,(H,27,28). The van der Waals surface area contributed by atoms with Gasteiger partial charge in [-0.15, -0.1) is 0 Å². The molecule has 1 N–H and O–H groups in total. The SMILES string of the molecule is COc1c(OCCCC(=O)O)cc(CC(C#N)C=Nc2ccccc2)c2c1OCC=C2. The Kier molecular flexibility index (Phi) is 7.66. The van der Waals surface area contributed by atoms with Gasteiger partial charge in [0.1, 0.15) is 6.61 Å². The van der Waals surface area contributed by atoms with Gasteiger partial charge < -0.3 is 19.3 Å². The van der Waals surface area contributed by atoms with Crippen molar-refractivity contribution in [3.63, 3.8) is 0 Å². The Morgan fingerprint density at radius 1 is 1.39 bits per heavy atom. The molecule has 1 aliphatic rings. The minimum Gasteiger partial charge on any atom is -0.490 e. The number of benzene rings is 2. The molecule has 0 saturated carbocycles. The van der Waals surface area contributed by atoms with Gasteiger partial charge in [-0.05, 0) is 42.7 Å². The van der Waals surface area contributed by atoms with Gasteiger partial charge in [0.15, 0.2) is 11.5 Å². The first kappa shape index (κ1) is 21.9. The molecule has 7 heteroatoms. The van der Waals surface area contributed by atoms with Crippen molar-refractivity contribution in [2.75, 3.05) is 20.3 Å². The molecule has 1 aliphatic heterocycles. The van der Waals surface area contributed by atoms with Crippen LogP contribution in [0.5, 0.6) is 17.2 Å². The van der Waals surface area contributed by atoms with E-state index in [1.165, 1.54) is 7.11 Å². The van der Waals surface area contributed by atoms with Crippen molar-refractivity contribution in [3.8, 4) is 23.3 Å². The van der Waals surface area contributed by atoms with Gasteiger partial charge in [0.25, 0.3) is 0 Å². The van der Waals surface area contributed by atoms with Gasteiger partial charge >= 0.3 is 5.97 Å². The lowest BCUT2D eigenvalue weighted by Crippen LogP contribution is -2.11. The highest BCUT2D eigenvalue weighted by molar-refractivity contribution is 5.74. The number of aliphatic imine (C=N–C) groups is 1. The van der Waals surface area contributed by atoms with Gasteiger partial charge in [0.2, 0.25) is 5.75 Å². The molecular weight excluding hydrogens is 396 g/mol. The third-order valence-electron chi connectivity index (χ3n) is 4.70. The molecule has 1 heterocycles. The normalized spacial score (nSPS) is 13.2. The summed E-state index contributed by atoms with van der Waals surface area (Å²) in [6, 6.07) is 13.6. The number of carboxylic acid groups (broad SMARTS) is 1. The third-order valence-corrected chi connectivity index (χ3v) is 4.70. The van der Waals surface area contributed by atoms with Crippen molar-refractivity contribution >= 4 is 23.9 Å². The van der Waals surface area contributed by atoms with Crippen molar-refractivity contribution < 1.29 is 24.1 Å². The van der Waals surface area contributed by atoms with E-state index in [0.29, 0.717) is 36.7 Å². The predicted octanol–water partition coefficient (Wildman–Crippen LogP) is 4.43. The lowest BCUT2D eigenvalue weighted by molar-refractivity contribution is -0.137. The van der Waals surface area contributed by atoms with Crippen LogP contribution in [0.15, 0.2) is 47.5 Å². The fraction of sp³-hybridized carbons (Fsp3) is 0.292. The van der Waals surface area contributed by atoms with Crippen molar-refractivity contribution in [2.24, 2.45) is 10.9 Å². The molecule has 7 nitrogen and oxygen atoms in total. The van der Waals surface area contributed by atoms with Crippen molar-refractivity contribution in [1.29, 1.82) is 5.26 Å². The lowest BCUT2D eigenvalue weighted by atomic mass is 9.94. The minimum atomic E-state index is -0.871. The number of fused-ring (bicyclic) bond motifs is 1. The molecule has 0 saturated heterocycles. The first-order chi connectivity index (χ1) is 15.1. The van der Waals surface area contributed by atoms with E-state index in [9.17, 15) is 10.1 Å². The summed E-state index contributed by atoms with van der Waals surface area (Å²) < 4.78 is 17.2. The van der Waals surface area contributed by atoms with Crippen LogP contribution in [-0.2, 0) is 11.2 Å². The number of aliphatic carboxylic acids is 1. The summed E-state index contributed by atoms with van der Waals surface area (Å²) in [7, 11) is 1.53. The summed E-state index contributed by atoms with van der Waals surface area (Å²) in [4.78, 5) is 15.2. The van der Waals surface area contributed by atoms with E-state index in [2.05, 4.69) is 11.1 Å². The van der Waals surface area contributed by atoms with E-state index >= 15 is 0 Å².